The van der Waals surface area contributed by atoms with Crippen molar-refractivity contribution < 1.29 is 19.4 Å². The predicted octanol–water partition coefficient (Wildman–Crippen LogP) is 0.672. The Balaban J connectivity index is 2.10. The lowest BCUT2D eigenvalue weighted by molar-refractivity contribution is -0.137. The molecule has 0 aliphatic carbocycles. The van der Waals surface area contributed by atoms with E-state index in [2.05, 4.69) is 5.32 Å². The molecule has 2 N–H and O–H groups in total. The van der Waals surface area contributed by atoms with E-state index in [9.17, 15) is 9.59 Å². The molecule has 0 aromatic carbocycles. The van der Waals surface area contributed by atoms with Gasteiger partial charge in [0.25, 0.3) is 0 Å². The van der Waals surface area contributed by atoms with Crippen LogP contribution in [0.3, 0.4) is 0 Å². The van der Waals surface area contributed by atoms with Crippen LogP contribution in [0.2, 0.25) is 0 Å². The van der Waals surface area contributed by atoms with E-state index in [4.69, 9.17) is 9.84 Å². The number of urea groups is 1. The van der Waals surface area contributed by atoms with Crippen LogP contribution in [-0.2, 0) is 9.53 Å². The average Bonchev–Trinajstić information content (AvgIpc) is 2.28. The number of hydrogen-bond acceptors (Lipinski definition) is 3. The zero-order valence-electron chi connectivity index (χ0n) is 10.1. The fourth-order valence-corrected chi connectivity index (χ4v) is 1.71. The molecule has 0 aromatic rings. The summed E-state index contributed by atoms with van der Waals surface area (Å²) in [4.78, 5) is 23.7. The summed E-state index contributed by atoms with van der Waals surface area (Å²) in [5, 5.41) is 11.2. The average molecular weight is 244 g/mol. The first-order chi connectivity index (χ1) is 8.09. The van der Waals surface area contributed by atoms with Crippen LogP contribution in [-0.4, -0.2) is 54.4 Å². The summed E-state index contributed by atoms with van der Waals surface area (Å²) in [7, 11) is 0. The van der Waals surface area contributed by atoms with Crippen LogP contribution in [0.5, 0.6) is 0 Å². The maximum absolute atomic E-state index is 11.7. The third-order valence-electron chi connectivity index (χ3n) is 2.62. The highest BCUT2D eigenvalue weighted by molar-refractivity contribution is 5.74. The molecule has 0 radical (unpaired) electrons. The van der Waals surface area contributed by atoms with Crippen LogP contribution < -0.4 is 5.32 Å². The lowest BCUT2D eigenvalue weighted by Gasteiger charge is -2.31. The second-order valence-electron chi connectivity index (χ2n) is 4.21. The molecule has 1 aliphatic rings. The topological polar surface area (TPSA) is 78.9 Å². The molecule has 2 amide bonds. The Morgan fingerprint density at radius 3 is 2.88 bits per heavy atom. The van der Waals surface area contributed by atoms with E-state index in [0.717, 1.165) is 0 Å². The second kappa shape index (κ2) is 7.11. The predicted molar refractivity (Wildman–Crippen MR) is 61.9 cm³/mol. The smallest absolute Gasteiger partial charge is 0.317 e. The van der Waals surface area contributed by atoms with Crippen LogP contribution in [0, 0.1) is 0 Å². The van der Waals surface area contributed by atoms with Gasteiger partial charge in [-0.2, -0.15) is 0 Å². The van der Waals surface area contributed by atoms with Gasteiger partial charge in [0.1, 0.15) is 0 Å². The number of unbranched alkanes of at least 4 members (excludes halogenated alkanes) is 1. The fourth-order valence-electron chi connectivity index (χ4n) is 1.71. The number of morpholine rings is 1. The first-order valence-corrected chi connectivity index (χ1v) is 5.96. The molecule has 1 heterocycles. The van der Waals surface area contributed by atoms with E-state index < -0.39 is 5.97 Å². The fraction of sp³-hybridized carbons (Fsp3) is 0.818. The van der Waals surface area contributed by atoms with Gasteiger partial charge in [-0.25, -0.2) is 4.79 Å². The number of carboxylic acid groups (broad SMARTS) is 1. The van der Waals surface area contributed by atoms with Crippen molar-refractivity contribution in [2.75, 3.05) is 26.2 Å². The van der Waals surface area contributed by atoms with Crippen LogP contribution in [0.25, 0.3) is 0 Å². The van der Waals surface area contributed by atoms with E-state index in [1.807, 2.05) is 6.92 Å². The molecular formula is C11H20N2O4. The lowest BCUT2D eigenvalue weighted by Crippen LogP contribution is -2.49. The molecule has 0 spiro atoms. The maximum Gasteiger partial charge on any atom is 0.317 e. The largest absolute Gasteiger partial charge is 0.481 e. The molecule has 1 atom stereocenters. The summed E-state index contributed by atoms with van der Waals surface area (Å²) in [6.45, 7) is 4.27. The first kappa shape index (κ1) is 13.8. The van der Waals surface area contributed by atoms with Crippen molar-refractivity contribution in [3.63, 3.8) is 0 Å². The highest BCUT2D eigenvalue weighted by Crippen LogP contribution is 2.04. The van der Waals surface area contributed by atoms with Crippen molar-refractivity contribution >= 4 is 12.0 Å². The normalized spacial score (nSPS) is 20.1. The van der Waals surface area contributed by atoms with Crippen molar-refractivity contribution in [1.82, 2.24) is 10.2 Å². The Morgan fingerprint density at radius 2 is 2.24 bits per heavy atom. The molecule has 17 heavy (non-hydrogen) atoms. The van der Waals surface area contributed by atoms with E-state index in [1.54, 1.807) is 4.90 Å². The molecule has 1 saturated heterocycles. The van der Waals surface area contributed by atoms with Crippen molar-refractivity contribution in [2.45, 2.75) is 32.3 Å². The van der Waals surface area contributed by atoms with Crippen LogP contribution in [0.15, 0.2) is 0 Å². The molecule has 98 valence electrons. The zero-order valence-corrected chi connectivity index (χ0v) is 10.1. The number of ether oxygens (including phenoxy) is 1. The molecule has 1 fully saturated rings. The number of aliphatic carboxylic acids is 1. The highest BCUT2D eigenvalue weighted by atomic mass is 16.5. The standard InChI is InChI=1S/C11H20N2O4/c1-9-8-13(6-7-17-9)11(16)12-5-3-2-4-10(14)15/h9H,2-8H2,1H3,(H,12,16)(H,14,15). The number of nitrogens with zero attached hydrogens (tertiary/aromatic N) is 1. The lowest BCUT2D eigenvalue weighted by atomic mass is 10.2. The third kappa shape index (κ3) is 5.53. The summed E-state index contributed by atoms with van der Waals surface area (Å²) in [5.74, 6) is -0.793. The number of hydrogen-bond donors (Lipinski definition) is 2. The van der Waals surface area contributed by atoms with Gasteiger partial charge in [-0.05, 0) is 19.8 Å². The van der Waals surface area contributed by atoms with Crippen LogP contribution in [0.4, 0.5) is 4.79 Å². The number of nitrogens with one attached hydrogen (secondary N) is 1. The van der Waals surface area contributed by atoms with Gasteiger partial charge in [0.05, 0.1) is 12.7 Å². The third-order valence-corrected chi connectivity index (χ3v) is 2.62. The van der Waals surface area contributed by atoms with E-state index >= 15 is 0 Å². The van der Waals surface area contributed by atoms with Gasteiger partial charge in [-0.15, -0.1) is 0 Å². The van der Waals surface area contributed by atoms with Crippen LogP contribution in [0.1, 0.15) is 26.2 Å². The molecule has 6 heteroatoms. The summed E-state index contributed by atoms with van der Waals surface area (Å²) in [6.07, 6.45) is 1.53. The molecule has 1 aliphatic heterocycles. The van der Waals surface area contributed by atoms with Gasteiger partial charge < -0.3 is 20.1 Å². The van der Waals surface area contributed by atoms with Gasteiger partial charge in [0, 0.05) is 26.1 Å². The minimum atomic E-state index is -0.793. The van der Waals surface area contributed by atoms with Crippen molar-refractivity contribution in [3.05, 3.63) is 0 Å². The summed E-state index contributed by atoms with van der Waals surface area (Å²) in [5.41, 5.74) is 0. The molecule has 0 saturated carbocycles. The van der Waals surface area contributed by atoms with E-state index in [-0.39, 0.29) is 18.6 Å². The molecule has 1 unspecified atom stereocenters. The van der Waals surface area contributed by atoms with E-state index in [1.165, 1.54) is 0 Å². The quantitative estimate of drug-likeness (QED) is 0.697. The summed E-state index contributed by atoms with van der Waals surface area (Å²) < 4.78 is 5.34. The molecular weight excluding hydrogens is 224 g/mol. The van der Waals surface area contributed by atoms with Gasteiger partial charge >= 0.3 is 12.0 Å². The minimum Gasteiger partial charge on any atom is -0.481 e. The van der Waals surface area contributed by atoms with Crippen molar-refractivity contribution in [2.24, 2.45) is 0 Å². The Hall–Kier alpha value is -1.30. The number of carbonyl (C=O) groups excluding carboxylic acids is 1. The highest BCUT2D eigenvalue weighted by Gasteiger charge is 2.20. The van der Waals surface area contributed by atoms with Crippen LogP contribution >= 0.6 is 0 Å². The van der Waals surface area contributed by atoms with Gasteiger partial charge in [-0.1, -0.05) is 0 Å². The Kier molecular flexibility index (Phi) is 5.76. The maximum atomic E-state index is 11.7. The number of amides is 2. The van der Waals surface area contributed by atoms with E-state index in [0.29, 0.717) is 39.1 Å². The van der Waals surface area contributed by atoms with Gasteiger partial charge in [-0.3, -0.25) is 4.79 Å². The molecule has 0 aromatic heterocycles. The molecule has 6 nitrogen and oxygen atoms in total. The molecule has 0 bridgehead atoms. The summed E-state index contributed by atoms with van der Waals surface area (Å²) >= 11 is 0. The minimum absolute atomic E-state index is 0.0847. The zero-order chi connectivity index (χ0) is 12.7. The Bertz CT molecular complexity index is 270. The number of rotatable bonds is 5. The van der Waals surface area contributed by atoms with Crippen molar-refractivity contribution in [3.8, 4) is 0 Å². The Labute approximate surface area is 101 Å². The summed E-state index contributed by atoms with van der Waals surface area (Å²) in [6, 6.07) is -0.0875. The van der Waals surface area contributed by atoms with Crippen molar-refractivity contribution in [1.29, 1.82) is 0 Å². The van der Waals surface area contributed by atoms with Gasteiger partial charge in [0.15, 0.2) is 0 Å². The first-order valence-electron chi connectivity index (χ1n) is 5.96. The second-order valence-corrected chi connectivity index (χ2v) is 4.21. The number of carboxylic acids is 1. The Morgan fingerprint density at radius 1 is 1.47 bits per heavy atom. The number of carbonyl (C=O) groups is 2. The molecule has 1 rings (SSSR count). The van der Waals surface area contributed by atoms with Gasteiger partial charge in [0.2, 0.25) is 0 Å². The SMILES string of the molecule is CC1CN(C(=O)NCCCCC(=O)O)CCO1. The monoisotopic (exact) mass is 244 g/mol.